The Morgan fingerprint density at radius 2 is 2.29 bits per heavy atom. The fourth-order valence-corrected chi connectivity index (χ4v) is 1.53. The van der Waals surface area contributed by atoms with Crippen molar-refractivity contribution in [1.82, 2.24) is 20.1 Å². The maximum absolute atomic E-state index is 11.4. The summed E-state index contributed by atoms with van der Waals surface area (Å²) in [5.41, 5.74) is 0. The van der Waals surface area contributed by atoms with Crippen LogP contribution in [0.1, 0.15) is 26.2 Å². The summed E-state index contributed by atoms with van der Waals surface area (Å²) in [5.74, 6) is -0.832. The molecule has 1 heterocycles. The molecule has 0 saturated carbocycles. The Morgan fingerprint density at radius 3 is 2.88 bits per heavy atom. The molecule has 1 atom stereocenters. The van der Waals surface area contributed by atoms with Gasteiger partial charge in [0, 0.05) is 24.0 Å². The number of nitrogens with zero attached hydrogens (tertiary/aromatic N) is 3. The highest BCUT2D eigenvalue weighted by atomic mass is 32.1. The Labute approximate surface area is 102 Å². The number of carboxylic acid groups (broad SMARTS) is 1. The minimum atomic E-state index is -0.832. The Kier molecular flexibility index (Phi) is 5.27. The molecule has 0 aliphatic rings. The number of aliphatic carboxylic acids is 1. The lowest BCUT2D eigenvalue weighted by atomic mass is 10.1. The topological polar surface area (TPSA) is 117 Å². The van der Waals surface area contributed by atoms with E-state index in [0.717, 1.165) is 11.5 Å². The summed E-state index contributed by atoms with van der Waals surface area (Å²) < 4.78 is 3.50. The standard InChI is InChI=1S/C8H13N5O3S/c1-5(3-2-4-6(14)15)9-7(16)10-8-11-12-13-17-8/h5H,2-4H2,1H3,(H,14,15)(H2,9,10,11,13,16). The third kappa shape index (κ3) is 5.76. The molecule has 0 fully saturated rings. The molecule has 1 aromatic rings. The van der Waals surface area contributed by atoms with Crippen LogP contribution in [-0.2, 0) is 4.79 Å². The van der Waals surface area contributed by atoms with Crippen molar-refractivity contribution in [3.8, 4) is 0 Å². The summed E-state index contributed by atoms with van der Waals surface area (Å²) in [7, 11) is 0. The minimum Gasteiger partial charge on any atom is -0.481 e. The van der Waals surface area contributed by atoms with Crippen molar-refractivity contribution in [2.24, 2.45) is 0 Å². The first-order valence-corrected chi connectivity index (χ1v) is 5.79. The Balaban J connectivity index is 2.19. The number of hydrogen-bond donors (Lipinski definition) is 3. The fraction of sp³-hybridized carbons (Fsp3) is 0.625. The molecular weight excluding hydrogens is 246 g/mol. The van der Waals surface area contributed by atoms with Crippen LogP contribution in [0.4, 0.5) is 9.93 Å². The number of carbonyl (C=O) groups is 2. The van der Waals surface area contributed by atoms with E-state index in [0.29, 0.717) is 18.0 Å². The second-order valence-electron chi connectivity index (χ2n) is 3.45. The monoisotopic (exact) mass is 259 g/mol. The zero-order valence-electron chi connectivity index (χ0n) is 9.21. The second kappa shape index (κ2) is 6.74. The molecule has 0 aromatic carbocycles. The molecule has 0 aliphatic heterocycles. The van der Waals surface area contributed by atoms with Crippen LogP contribution in [0.25, 0.3) is 0 Å². The smallest absolute Gasteiger partial charge is 0.321 e. The third-order valence-electron chi connectivity index (χ3n) is 1.93. The first-order valence-electron chi connectivity index (χ1n) is 5.02. The van der Waals surface area contributed by atoms with E-state index >= 15 is 0 Å². The van der Waals surface area contributed by atoms with Gasteiger partial charge in [-0.15, -0.1) is 0 Å². The fourth-order valence-electron chi connectivity index (χ4n) is 1.17. The van der Waals surface area contributed by atoms with E-state index in [2.05, 4.69) is 25.4 Å². The molecule has 9 heteroatoms. The van der Waals surface area contributed by atoms with E-state index in [-0.39, 0.29) is 12.5 Å². The van der Waals surface area contributed by atoms with Crippen LogP contribution >= 0.6 is 11.5 Å². The molecule has 1 aromatic heterocycles. The number of carboxylic acids is 1. The number of nitrogens with one attached hydrogen (secondary N) is 2. The van der Waals surface area contributed by atoms with Gasteiger partial charge in [0.05, 0.1) is 0 Å². The number of carbonyl (C=O) groups excluding carboxylic acids is 1. The molecular formula is C8H13N5O3S. The van der Waals surface area contributed by atoms with Crippen LogP contribution in [0, 0.1) is 0 Å². The van der Waals surface area contributed by atoms with Crippen LogP contribution in [0.15, 0.2) is 0 Å². The Morgan fingerprint density at radius 1 is 1.53 bits per heavy atom. The van der Waals surface area contributed by atoms with Crippen LogP contribution in [0.5, 0.6) is 0 Å². The van der Waals surface area contributed by atoms with Crippen molar-refractivity contribution in [3.63, 3.8) is 0 Å². The molecule has 0 spiro atoms. The summed E-state index contributed by atoms with van der Waals surface area (Å²) in [5, 5.41) is 20.8. The van der Waals surface area contributed by atoms with Crippen LogP contribution < -0.4 is 10.6 Å². The highest BCUT2D eigenvalue weighted by Gasteiger charge is 2.09. The van der Waals surface area contributed by atoms with Gasteiger partial charge in [0.25, 0.3) is 0 Å². The van der Waals surface area contributed by atoms with Crippen molar-refractivity contribution in [2.45, 2.75) is 32.2 Å². The summed E-state index contributed by atoms with van der Waals surface area (Å²) >= 11 is 0.978. The number of aromatic nitrogens is 3. The number of rotatable bonds is 6. The second-order valence-corrected chi connectivity index (χ2v) is 4.19. The summed E-state index contributed by atoms with van der Waals surface area (Å²) in [6, 6.07) is -0.499. The van der Waals surface area contributed by atoms with Gasteiger partial charge in [0.2, 0.25) is 5.13 Å². The maximum Gasteiger partial charge on any atom is 0.321 e. The third-order valence-corrected chi connectivity index (χ3v) is 2.44. The Bertz CT molecular complexity index is 369. The predicted octanol–water partition coefficient (Wildman–Crippen LogP) is 0.698. The lowest BCUT2D eigenvalue weighted by molar-refractivity contribution is -0.137. The van der Waals surface area contributed by atoms with Crippen molar-refractivity contribution < 1.29 is 14.7 Å². The van der Waals surface area contributed by atoms with E-state index in [9.17, 15) is 9.59 Å². The number of hydrogen-bond acceptors (Lipinski definition) is 6. The summed E-state index contributed by atoms with van der Waals surface area (Å²) in [6.07, 6.45) is 1.24. The van der Waals surface area contributed by atoms with Crippen LogP contribution in [-0.4, -0.2) is 37.9 Å². The summed E-state index contributed by atoms with van der Waals surface area (Å²) in [6.45, 7) is 1.81. The quantitative estimate of drug-likeness (QED) is 0.692. The highest BCUT2D eigenvalue weighted by Crippen LogP contribution is 2.05. The van der Waals surface area contributed by atoms with Crippen LogP contribution in [0.2, 0.25) is 0 Å². The molecule has 1 rings (SSSR count). The number of urea groups is 1. The molecule has 0 bridgehead atoms. The van der Waals surface area contributed by atoms with Gasteiger partial charge in [-0.3, -0.25) is 10.1 Å². The zero-order valence-corrected chi connectivity index (χ0v) is 10.0. The average molecular weight is 259 g/mol. The van der Waals surface area contributed by atoms with Crippen molar-refractivity contribution >= 4 is 28.7 Å². The lowest BCUT2D eigenvalue weighted by Gasteiger charge is -2.12. The molecule has 17 heavy (non-hydrogen) atoms. The highest BCUT2D eigenvalue weighted by molar-refractivity contribution is 7.09. The van der Waals surface area contributed by atoms with E-state index in [1.807, 2.05) is 0 Å². The van der Waals surface area contributed by atoms with Gasteiger partial charge in [0.1, 0.15) is 0 Å². The minimum absolute atomic E-state index is 0.102. The largest absolute Gasteiger partial charge is 0.481 e. The van der Waals surface area contributed by atoms with E-state index in [1.165, 1.54) is 0 Å². The SMILES string of the molecule is CC(CCCC(=O)O)NC(=O)Nc1nnns1. The zero-order chi connectivity index (χ0) is 12.7. The molecule has 94 valence electrons. The normalized spacial score (nSPS) is 11.8. The van der Waals surface area contributed by atoms with E-state index in [1.54, 1.807) is 6.92 Å². The first kappa shape index (κ1) is 13.3. The van der Waals surface area contributed by atoms with Gasteiger partial charge >= 0.3 is 12.0 Å². The molecule has 8 nitrogen and oxygen atoms in total. The van der Waals surface area contributed by atoms with Gasteiger partial charge in [-0.1, -0.05) is 9.59 Å². The number of amides is 2. The van der Waals surface area contributed by atoms with Gasteiger partial charge in [-0.2, -0.15) is 0 Å². The Hall–Kier alpha value is -1.77. The van der Waals surface area contributed by atoms with Gasteiger partial charge < -0.3 is 10.4 Å². The maximum atomic E-state index is 11.4. The first-order chi connectivity index (χ1) is 8.08. The van der Waals surface area contributed by atoms with E-state index in [4.69, 9.17) is 5.11 Å². The molecule has 1 unspecified atom stereocenters. The van der Waals surface area contributed by atoms with Crippen molar-refractivity contribution in [1.29, 1.82) is 0 Å². The molecule has 0 radical (unpaired) electrons. The molecule has 0 aliphatic carbocycles. The number of anilines is 1. The molecule has 3 N–H and O–H groups in total. The average Bonchev–Trinajstić information content (AvgIpc) is 2.69. The van der Waals surface area contributed by atoms with Crippen molar-refractivity contribution in [2.75, 3.05) is 5.32 Å². The summed E-state index contributed by atoms with van der Waals surface area (Å²) in [4.78, 5) is 21.7. The van der Waals surface area contributed by atoms with Gasteiger partial charge in [0.15, 0.2) is 0 Å². The van der Waals surface area contributed by atoms with E-state index < -0.39 is 12.0 Å². The molecule has 0 saturated heterocycles. The van der Waals surface area contributed by atoms with Crippen molar-refractivity contribution in [3.05, 3.63) is 0 Å². The predicted molar refractivity (Wildman–Crippen MR) is 60.8 cm³/mol. The van der Waals surface area contributed by atoms with Gasteiger partial charge in [-0.25, -0.2) is 4.79 Å². The molecule has 2 amide bonds. The van der Waals surface area contributed by atoms with Gasteiger partial charge in [-0.05, 0) is 25.0 Å². The lowest BCUT2D eigenvalue weighted by Crippen LogP contribution is -2.36. The van der Waals surface area contributed by atoms with Crippen LogP contribution in [0.3, 0.4) is 0 Å².